The molecule has 0 heterocycles. The number of rotatable bonds is 6. The lowest BCUT2D eigenvalue weighted by atomic mass is 10.9. The van der Waals surface area contributed by atoms with Gasteiger partial charge in [-0.15, -0.1) is 0 Å². The van der Waals surface area contributed by atoms with E-state index in [-0.39, 0.29) is 17.6 Å². The molecule has 0 aromatic heterocycles. The molecule has 0 aliphatic rings. The van der Waals surface area contributed by atoms with Crippen molar-refractivity contribution >= 4 is 25.8 Å². The normalized spacial score (nSPS) is 9.94. The second kappa shape index (κ2) is 19.9. The highest BCUT2D eigenvalue weighted by atomic mass is 31.1. The lowest BCUT2D eigenvalue weighted by Gasteiger charge is -2.03. The first-order valence-electron chi connectivity index (χ1n) is 7.34. The zero-order valence-electron chi connectivity index (χ0n) is 13.2. The third-order valence-corrected chi connectivity index (χ3v) is 10.4. The van der Waals surface area contributed by atoms with E-state index in [0.717, 1.165) is 0 Å². The summed E-state index contributed by atoms with van der Waals surface area (Å²) in [4.78, 5) is 14.3. The van der Waals surface area contributed by atoms with Crippen LogP contribution in [0.5, 0.6) is 0 Å². The van der Waals surface area contributed by atoms with E-state index in [2.05, 4.69) is 41.5 Å². The van der Waals surface area contributed by atoms with Crippen molar-refractivity contribution in [2.75, 3.05) is 0 Å². The van der Waals surface area contributed by atoms with Crippen LogP contribution in [0.1, 0.15) is 41.5 Å². The Bertz CT molecular complexity index is 136. The van der Waals surface area contributed by atoms with Crippen molar-refractivity contribution in [3.63, 3.8) is 0 Å². The van der Waals surface area contributed by atoms with E-state index in [1.165, 1.54) is 36.3 Å². The van der Waals surface area contributed by atoms with Crippen molar-refractivity contribution in [1.29, 1.82) is 0 Å². The van der Waals surface area contributed by atoms with Gasteiger partial charge in [-0.2, -0.15) is 0 Å². The van der Waals surface area contributed by atoms with Gasteiger partial charge in [-0.3, -0.25) is 4.57 Å². The van der Waals surface area contributed by atoms with Crippen molar-refractivity contribution in [2.24, 2.45) is 0 Å². The van der Waals surface area contributed by atoms with E-state index in [1.54, 1.807) is 0 Å². The molecule has 0 atom stereocenters. The predicted octanol–water partition coefficient (Wildman–Crippen LogP) is 3.91. The summed E-state index contributed by atoms with van der Waals surface area (Å²) >= 11 is 0. The highest BCUT2D eigenvalue weighted by Crippen LogP contribution is 2.02. The van der Waals surface area contributed by atoms with Crippen LogP contribution >= 0.6 is 8.25 Å². The van der Waals surface area contributed by atoms with E-state index in [1.807, 2.05) is 0 Å². The maximum atomic E-state index is 8.74. The molecule has 0 aromatic rings. The van der Waals surface area contributed by atoms with E-state index < -0.39 is 8.25 Å². The minimum atomic E-state index is -3.13. The van der Waals surface area contributed by atoms with E-state index in [0.29, 0.717) is 0 Å². The van der Waals surface area contributed by atoms with Crippen LogP contribution in [0, 0.1) is 0 Å². The maximum Gasteiger partial charge on any atom is 0.314 e. The van der Waals surface area contributed by atoms with Gasteiger partial charge in [0.05, 0.1) is 0 Å². The quantitative estimate of drug-likeness (QED) is 0.577. The molecular formula is C12H35O3PSi2. The molecular weight excluding hydrogens is 279 g/mol. The largest absolute Gasteiger partial charge is 0.326 e. The van der Waals surface area contributed by atoms with Crippen LogP contribution in [0.25, 0.3) is 0 Å². The Hall–Kier alpha value is 0.584. The van der Waals surface area contributed by atoms with Crippen molar-refractivity contribution < 1.29 is 14.4 Å². The zero-order valence-corrected chi connectivity index (χ0v) is 16.5. The summed E-state index contributed by atoms with van der Waals surface area (Å²) in [6, 6.07) is 8.96. The molecule has 0 radical (unpaired) electrons. The molecule has 0 aliphatic carbocycles. The predicted molar refractivity (Wildman–Crippen MR) is 90.6 cm³/mol. The van der Waals surface area contributed by atoms with E-state index in [4.69, 9.17) is 14.4 Å². The molecule has 0 rings (SSSR count). The van der Waals surface area contributed by atoms with Gasteiger partial charge in [0.1, 0.15) is 0 Å². The Morgan fingerprint density at radius 1 is 0.667 bits per heavy atom. The fourth-order valence-electron chi connectivity index (χ4n) is 1.73. The SMILES string of the molecule is CC[SiH](CC)CC.CC[SiH](CC)CC.O=[PH](O)O. The molecule has 114 valence electrons. The molecule has 6 heteroatoms. The second-order valence-corrected chi connectivity index (χ2v) is 13.4. The summed E-state index contributed by atoms with van der Waals surface area (Å²) in [5.41, 5.74) is 0. The van der Waals surface area contributed by atoms with Gasteiger partial charge in [-0.1, -0.05) is 77.8 Å². The molecule has 0 aromatic carbocycles. The van der Waals surface area contributed by atoms with Crippen molar-refractivity contribution in [1.82, 2.24) is 0 Å². The van der Waals surface area contributed by atoms with E-state index in [9.17, 15) is 0 Å². The Labute approximate surface area is 118 Å². The van der Waals surface area contributed by atoms with Gasteiger partial charge >= 0.3 is 8.25 Å². The summed E-state index contributed by atoms with van der Waals surface area (Å²) in [5, 5.41) is 0. The van der Waals surface area contributed by atoms with Gasteiger partial charge < -0.3 is 9.79 Å². The van der Waals surface area contributed by atoms with Crippen LogP contribution in [0.3, 0.4) is 0 Å². The monoisotopic (exact) mass is 314 g/mol. The van der Waals surface area contributed by atoms with Crippen LogP contribution in [-0.2, 0) is 4.57 Å². The Morgan fingerprint density at radius 3 is 0.778 bits per heavy atom. The minimum absolute atomic E-state index is 0.171. The third kappa shape index (κ3) is 25.4. The summed E-state index contributed by atoms with van der Waals surface area (Å²) in [7, 11) is -3.47. The first kappa shape index (κ1) is 23.7. The standard InChI is InChI=1S/2C6H16Si.H3O3P/c2*1-4-7(5-2)6-3;1-4(2)3/h2*7H,4-6H2,1-3H3;4H,(H2,1,2,3). The maximum absolute atomic E-state index is 8.74. The first-order chi connectivity index (χ1) is 8.42. The van der Waals surface area contributed by atoms with Gasteiger partial charge in [0, 0.05) is 17.6 Å². The fourth-order valence-corrected chi connectivity index (χ4v) is 5.20. The Morgan fingerprint density at radius 2 is 0.778 bits per heavy atom. The van der Waals surface area contributed by atoms with Crippen molar-refractivity contribution in [2.45, 2.75) is 77.8 Å². The third-order valence-electron chi connectivity index (χ3n) is 3.46. The lowest BCUT2D eigenvalue weighted by Crippen LogP contribution is -2.04. The van der Waals surface area contributed by atoms with Crippen molar-refractivity contribution in [3.8, 4) is 0 Å². The molecule has 0 saturated heterocycles. The summed E-state index contributed by atoms with van der Waals surface area (Å²) in [6.07, 6.45) is 0. The molecule has 18 heavy (non-hydrogen) atoms. The first-order valence-corrected chi connectivity index (χ1v) is 13.5. The zero-order chi connectivity index (χ0) is 15.0. The Kier molecular flexibility index (Phi) is 26.2. The molecule has 0 fully saturated rings. The molecule has 0 spiro atoms. The minimum Gasteiger partial charge on any atom is -0.326 e. The van der Waals surface area contributed by atoms with Crippen LogP contribution in [0.15, 0.2) is 0 Å². The van der Waals surface area contributed by atoms with Gasteiger partial charge in [0.15, 0.2) is 0 Å². The smallest absolute Gasteiger partial charge is 0.314 e. The second-order valence-electron chi connectivity index (χ2n) is 4.46. The average molecular weight is 315 g/mol. The van der Waals surface area contributed by atoms with Crippen LogP contribution in [0.2, 0.25) is 36.3 Å². The highest BCUT2D eigenvalue weighted by molar-refractivity contribution is 7.30. The van der Waals surface area contributed by atoms with Crippen LogP contribution in [-0.4, -0.2) is 27.4 Å². The van der Waals surface area contributed by atoms with E-state index >= 15 is 0 Å². The molecule has 0 saturated carbocycles. The molecule has 2 N–H and O–H groups in total. The van der Waals surface area contributed by atoms with Crippen molar-refractivity contribution in [3.05, 3.63) is 0 Å². The fraction of sp³-hybridized carbons (Fsp3) is 1.00. The van der Waals surface area contributed by atoms with Gasteiger partial charge in [-0.25, -0.2) is 0 Å². The molecule has 0 aliphatic heterocycles. The number of hydrogen-bond acceptors (Lipinski definition) is 1. The highest BCUT2D eigenvalue weighted by Gasteiger charge is 1.98. The Balaban J connectivity index is -0.000000196. The topological polar surface area (TPSA) is 57.5 Å². The van der Waals surface area contributed by atoms with Gasteiger partial charge in [0.2, 0.25) is 0 Å². The van der Waals surface area contributed by atoms with Crippen LogP contribution in [0.4, 0.5) is 0 Å². The van der Waals surface area contributed by atoms with Gasteiger partial charge in [-0.05, 0) is 0 Å². The molecule has 0 bridgehead atoms. The van der Waals surface area contributed by atoms with Gasteiger partial charge in [0.25, 0.3) is 0 Å². The van der Waals surface area contributed by atoms with Crippen LogP contribution < -0.4 is 0 Å². The lowest BCUT2D eigenvalue weighted by molar-refractivity contribution is 0.405. The summed E-state index contributed by atoms with van der Waals surface area (Å²) in [5.74, 6) is 0. The summed E-state index contributed by atoms with van der Waals surface area (Å²) in [6.45, 7) is 13.9. The number of hydrogen-bond donors (Lipinski definition) is 2. The molecule has 0 unspecified atom stereocenters. The molecule has 0 amide bonds. The summed E-state index contributed by atoms with van der Waals surface area (Å²) < 4.78 is 8.74. The average Bonchev–Trinajstić information content (AvgIpc) is 2.34. The molecule has 3 nitrogen and oxygen atoms in total.